The predicted octanol–water partition coefficient (Wildman–Crippen LogP) is 2.17. The summed E-state index contributed by atoms with van der Waals surface area (Å²) in [6.45, 7) is 2.70. The monoisotopic (exact) mass is 325 g/mol. The van der Waals surface area contributed by atoms with Gasteiger partial charge in [-0.2, -0.15) is 0 Å². The summed E-state index contributed by atoms with van der Waals surface area (Å²) in [6, 6.07) is 17.4. The van der Waals surface area contributed by atoms with Gasteiger partial charge in [0.2, 0.25) is 11.8 Å². The Morgan fingerprint density at radius 3 is 2.38 bits per heavy atom. The Kier molecular flexibility index (Phi) is 6.51. The number of nitrogens with two attached hydrogens (primary N) is 1. The van der Waals surface area contributed by atoms with Crippen molar-refractivity contribution in [3.63, 3.8) is 0 Å². The number of aryl methyl sites for hydroxylation is 1. The topological polar surface area (TPSA) is 75.4 Å². The fourth-order valence-corrected chi connectivity index (χ4v) is 2.50. The molecule has 0 spiro atoms. The van der Waals surface area contributed by atoms with E-state index in [0.717, 1.165) is 23.2 Å². The van der Waals surface area contributed by atoms with Gasteiger partial charge in [0.05, 0.1) is 13.1 Å². The Morgan fingerprint density at radius 2 is 1.71 bits per heavy atom. The number of nitrogens with zero attached hydrogens (tertiary/aromatic N) is 1. The lowest BCUT2D eigenvalue weighted by Gasteiger charge is -2.20. The van der Waals surface area contributed by atoms with Gasteiger partial charge < -0.3 is 11.1 Å². The zero-order chi connectivity index (χ0) is 17.4. The van der Waals surface area contributed by atoms with Crippen LogP contribution in [0.4, 0.5) is 5.69 Å². The van der Waals surface area contributed by atoms with Crippen molar-refractivity contribution in [3.05, 3.63) is 65.7 Å². The van der Waals surface area contributed by atoms with Gasteiger partial charge in [-0.3, -0.25) is 14.5 Å². The number of hydrogen-bond donors (Lipinski definition) is 2. The molecule has 2 aromatic rings. The first-order valence-electron chi connectivity index (χ1n) is 8.00. The van der Waals surface area contributed by atoms with E-state index in [-0.39, 0.29) is 19.0 Å². The van der Waals surface area contributed by atoms with Gasteiger partial charge in [-0.15, -0.1) is 0 Å². The second-order valence-corrected chi connectivity index (χ2v) is 5.70. The van der Waals surface area contributed by atoms with E-state index >= 15 is 0 Å². The third-order valence-corrected chi connectivity index (χ3v) is 3.61. The molecular formula is C19H23N3O2. The van der Waals surface area contributed by atoms with Crippen LogP contribution in [-0.2, 0) is 22.6 Å². The minimum Gasteiger partial charge on any atom is -0.369 e. The van der Waals surface area contributed by atoms with Crippen LogP contribution in [0.25, 0.3) is 0 Å². The maximum atomic E-state index is 12.3. The van der Waals surface area contributed by atoms with Crippen LogP contribution in [-0.4, -0.2) is 29.8 Å². The van der Waals surface area contributed by atoms with Gasteiger partial charge in [0, 0.05) is 12.2 Å². The first-order chi connectivity index (χ1) is 11.6. The third-order valence-electron chi connectivity index (χ3n) is 3.61. The summed E-state index contributed by atoms with van der Waals surface area (Å²) in [5, 5.41) is 2.87. The normalized spacial score (nSPS) is 10.6. The van der Waals surface area contributed by atoms with Crippen LogP contribution in [0.1, 0.15) is 18.1 Å². The minimum absolute atomic E-state index is 0.0390. The fourth-order valence-electron chi connectivity index (χ4n) is 2.50. The summed E-state index contributed by atoms with van der Waals surface area (Å²) < 4.78 is 0. The molecule has 0 saturated carbocycles. The molecule has 2 amide bonds. The Balaban J connectivity index is 1.99. The summed E-state index contributed by atoms with van der Waals surface area (Å²) in [7, 11) is 0. The molecule has 126 valence electrons. The lowest BCUT2D eigenvalue weighted by Crippen LogP contribution is -2.38. The number of anilines is 1. The molecule has 0 fully saturated rings. The molecule has 0 aromatic heterocycles. The molecule has 0 unspecified atom stereocenters. The molecule has 24 heavy (non-hydrogen) atoms. The molecule has 0 aliphatic heterocycles. The number of primary amides is 1. The van der Waals surface area contributed by atoms with Crippen LogP contribution >= 0.6 is 0 Å². The maximum Gasteiger partial charge on any atom is 0.238 e. The molecule has 0 atom stereocenters. The molecule has 5 nitrogen and oxygen atoms in total. The molecule has 3 N–H and O–H groups in total. The molecule has 2 rings (SSSR count). The summed E-state index contributed by atoms with van der Waals surface area (Å²) in [5.74, 6) is -0.618. The largest absolute Gasteiger partial charge is 0.369 e. The van der Waals surface area contributed by atoms with Crippen LogP contribution in [0.3, 0.4) is 0 Å². The van der Waals surface area contributed by atoms with E-state index in [1.54, 1.807) is 4.90 Å². The van der Waals surface area contributed by atoms with Gasteiger partial charge in [0.1, 0.15) is 0 Å². The maximum absolute atomic E-state index is 12.3. The smallest absolute Gasteiger partial charge is 0.238 e. The van der Waals surface area contributed by atoms with Crippen molar-refractivity contribution in [2.75, 3.05) is 18.4 Å². The van der Waals surface area contributed by atoms with Gasteiger partial charge in [0.15, 0.2) is 0 Å². The molecule has 5 heteroatoms. The number of amides is 2. The highest BCUT2D eigenvalue weighted by molar-refractivity contribution is 5.92. The van der Waals surface area contributed by atoms with Crippen molar-refractivity contribution in [2.24, 2.45) is 5.73 Å². The van der Waals surface area contributed by atoms with Crippen molar-refractivity contribution in [1.82, 2.24) is 4.90 Å². The summed E-state index contributed by atoms with van der Waals surface area (Å²) in [4.78, 5) is 25.3. The first kappa shape index (κ1) is 17.7. The molecule has 0 heterocycles. The number of carbonyl (C=O) groups is 2. The summed E-state index contributed by atoms with van der Waals surface area (Å²) >= 11 is 0. The highest BCUT2D eigenvalue weighted by Crippen LogP contribution is 2.11. The van der Waals surface area contributed by atoms with Crippen LogP contribution in [0.15, 0.2) is 54.6 Å². The van der Waals surface area contributed by atoms with Gasteiger partial charge in [-0.05, 0) is 29.7 Å². The second-order valence-electron chi connectivity index (χ2n) is 5.70. The van der Waals surface area contributed by atoms with E-state index in [1.807, 2.05) is 54.6 Å². The number of hydrogen-bond acceptors (Lipinski definition) is 3. The van der Waals surface area contributed by atoms with E-state index in [0.29, 0.717) is 6.54 Å². The Hall–Kier alpha value is -2.66. The zero-order valence-electron chi connectivity index (χ0n) is 13.9. The van der Waals surface area contributed by atoms with Crippen molar-refractivity contribution in [1.29, 1.82) is 0 Å². The fraction of sp³-hybridized carbons (Fsp3) is 0.263. The minimum atomic E-state index is -0.452. The highest BCUT2D eigenvalue weighted by atomic mass is 16.2. The molecule has 2 aromatic carbocycles. The van der Waals surface area contributed by atoms with Crippen LogP contribution in [0.5, 0.6) is 0 Å². The van der Waals surface area contributed by atoms with Crippen molar-refractivity contribution >= 4 is 17.5 Å². The van der Waals surface area contributed by atoms with E-state index in [9.17, 15) is 9.59 Å². The van der Waals surface area contributed by atoms with Gasteiger partial charge in [-0.25, -0.2) is 0 Å². The van der Waals surface area contributed by atoms with E-state index in [1.165, 1.54) is 0 Å². The molecule has 0 bridgehead atoms. The van der Waals surface area contributed by atoms with Crippen molar-refractivity contribution < 1.29 is 9.59 Å². The molecule has 0 saturated heterocycles. The number of carbonyl (C=O) groups excluding carboxylic acids is 2. The van der Waals surface area contributed by atoms with E-state index < -0.39 is 5.91 Å². The van der Waals surface area contributed by atoms with E-state index in [4.69, 9.17) is 5.73 Å². The quantitative estimate of drug-likeness (QED) is 0.781. The molecule has 0 aliphatic rings. The lowest BCUT2D eigenvalue weighted by atomic mass is 10.1. The Morgan fingerprint density at radius 1 is 1.00 bits per heavy atom. The van der Waals surface area contributed by atoms with Gasteiger partial charge >= 0.3 is 0 Å². The first-order valence-corrected chi connectivity index (χ1v) is 8.00. The van der Waals surface area contributed by atoms with Crippen LogP contribution in [0.2, 0.25) is 0 Å². The standard InChI is InChI=1S/C19H23N3O2/c1-2-15-9-6-10-17(11-15)21-19(24)14-22(13-18(20)23)12-16-7-4-3-5-8-16/h3-11H,2,12-14H2,1H3,(H2,20,23)(H,21,24). The van der Waals surface area contributed by atoms with Gasteiger partial charge in [0.25, 0.3) is 0 Å². The van der Waals surface area contributed by atoms with Crippen LogP contribution < -0.4 is 11.1 Å². The average molecular weight is 325 g/mol. The zero-order valence-corrected chi connectivity index (χ0v) is 13.9. The lowest BCUT2D eigenvalue weighted by molar-refractivity contribution is -0.121. The molecule has 0 radical (unpaired) electrons. The number of rotatable bonds is 8. The Bertz CT molecular complexity index is 686. The SMILES string of the molecule is CCc1cccc(NC(=O)CN(CC(N)=O)Cc2ccccc2)c1. The van der Waals surface area contributed by atoms with Crippen LogP contribution in [0, 0.1) is 0 Å². The van der Waals surface area contributed by atoms with Crippen molar-refractivity contribution in [3.8, 4) is 0 Å². The predicted molar refractivity (Wildman–Crippen MR) is 95.4 cm³/mol. The highest BCUT2D eigenvalue weighted by Gasteiger charge is 2.14. The second kappa shape index (κ2) is 8.84. The van der Waals surface area contributed by atoms with Gasteiger partial charge in [-0.1, -0.05) is 49.4 Å². The van der Waals surface area contributed by atoms with Crippen molar-refractivity contribution in [2.45, 2.75) is 19.9 Å². The van der Waals surface area contributed by atoms with E-state index in [2.05, 4.69) is 12.2 Å². The summed E-state index contributed by atoms with van der Waals surface area (Å²) in [5.41, 5.74) is 8.25. The number of nitrogens with one attached hydrogen (secondary N) is 1. The number of benzene rings is 2. The average Bonchev–Trinajstić information content (AvgIpc) is 2.55. The summed E-state index contributed by atoms with van der Waals surface area (Å²) in [6.07, 6.45) is 0.908. The third kappa shape index (κ3) is 5.85. The Labute approximate surface area is 142 Å². The molecular weight excluding hydrogens is 302 g/mol. The molecule has 0 aliphatic carbocycles.